The van der Waals surface area contributed by atoms with Crippen molar-refractivity contribution in [1.82, 2.24) is 5.06 Å². The van der Waals surface area contributed by atoms with E-state index in [4.69, 9.17) is 9.94 Å². The maximum absolute atomic E-state index is 8.48. The smallest absolute Gasteiger partial charge is 0.0916 e. The van der Waals surface area contributed by atoms with Crippen LogP contribution in [0.1, 0.15) is 26.7 Å². The molecule has 0 fully saturated rings. The summed E-state index contributed by atoms with van der Waals surface area (Å²) in [5, 5.41) is 10.4. The molecule has 11 heavy (non-hydrogen) atoms. The predicted molar refractivity (Wildman–Crippen MR) is 45.2 cm³/mol. The summed E-state index contributed by atoms with van der Waals surface area (Å²) >= 11 is 0. The van der Waals surface area contributed by atoms with Gasteiger partial charge in [-0.1, -0.05) is 20.3 Å². The van der Waals surface area contributed by atoms with Gasteiger partial charge >= 0.3 is 0 Å². The van der Waals surface area contributed by atoms with Crippen molar-refractivity contribution in [1.29, 1.82) is 0 Å². The van der Waals surface area contributed by atoms with Gasteiger partial charge in [0.1, 0.15) is 0 Å². The van der Waals surface area contributed by atoms with Gasteiger partial charge in [0.2, 0.25) is 0 Å². The Morgan fingerprint density at radius 1 is 1.36 bits per heavy atom. The van der Waals surface area contributed by atoms with E-state index < -0.39 is 0 Å². The zero-order valence-corrected chi connectivity index (χ0v) is 7.55. The van der Waals surface area contributed by atoms with Crippen LogP contribution in [0, 0.1) is 0 Å². The van der Waals surface area contributed by atoms with Crippen LogP contribution < -0.4 is 0 Å². The van der Waals surface area contributed by atoms with Gasteiger partial charge < -0.3 is 5.11 Å². The number of hydroxylamine groups is 2. The summed E-state index contributed by atoms with van der Waals surface area (Å²) in [7, 11) is 0. The molecule has 0 aromatic carbocycles. The van der Waals surface area contributed by atoms with Crippen molar-refractivity contribution < 1.29 is 9.94 Å². The molecule has 0 unspecified atom stereocenters. The molecule has 0 aromatic rings. The first kappa shape index (κ1) is 10.9. The second-order valence-electron chi connectivity index (χ2n) is 2.43. The second-order valence-corrected chi connectivity index (χ2v) is 2.43. The first-order valence-electron chi connectivity index (χ1n) is 4.33. The number of aliphatic hydroxyl groups is 1. The lowest BCUT2D eigenvalue weighted by Gasteiger charge is -2.18. The third-order valence-corrected chi connectivity index (χ3v) is 1.48. The van der Waals surface area contributed by atoms with Gasteiger partial charge in [0.15, 0.2) is 0 Å². The van der Waals surface area contributed by atoms with Crippen molar-refractivity contribution in [2.24, 2.45) is 0 Å². The monoisotopic (exact) mass is 161 g/mol. The van der Waals surface area contributed by atoms with Crippen LogP contribution in [0.15, 0.2) is 0 Å². The first-order chi connectivity index (χ1) is 5.35. The maximum atomic E-state index is 8.48. The van der Waals surface area contributed by atoms with Gasteiger partial charge in [-0.2, -0.15) is 5.06 Å². The molecule has 0 aromatic heterocycles. The minimum Gasteiger partial charge on any atom is -0.394 e. The number of hydrogen-bond donors (Lipinski definition) is 1. The van der Waals surface area contributed by atoms with E-state index in [1.54, 1.807) is 0 Å². The molecule has 68 valence electrons. The molecule has 0 bridgehead atoms. The third-order valence-electron chi connectivity index (χ3n) is 1.48. The average Bonchev–Trinajstić information content (AvgIpc) is 2.05. The van der Waals surface area contributed by atoms with Crippen molar-refractivity contribution in [3.63, 3.8) is 0 Å². The Morgan fingerprint density at radius 2 is 2.09 bits per heavy atom. The van der Waals surface area contributed by atoms with Crippen LogP contribution in [0.4, 0.5) is 0 Å². The Morgan fingerprint density at radius 3 is 2.55 bits per heavy atom. The van der Waals surface area contributed by atoms with Crippen LogP contribution in [0.2, 0.25) is 0 Å². The zero-order chi connectivity index (χ0) is 8.53. The highest BCUT2D eigenvalue weighted by atomic mass is 16.7. The highest BCUT2D eigenvalue weighted by molar-refractivity contribution is 4.41. The summed E-state index contributed by atoms with van der Waals surface area (Å²) in [5.41, 5.74) is 0. The van der Waals surface area contributed by atoms with E-state index in [1.165, 1.54) is 6.42 Å². The molecule has 0 aliphatic carbocycles. The molecule has 0 atom stereocenters. The molecule has 0 heterocycles. The molecule has 3 heteroatoms. The summed E-state index contributed by atoms with van der Waals surface area (Å²) in [4.78, 5) is 5.23. The normalized spacial score (nSPS) is 10.9. The highest BCUT2D eigenvalue weighted by Gasteiger charge is 1.99. The molecule has 1 N–H and O–H groups in total. The van der Waals surface area contributed by atoms with E-state index in [2.05, 4.69) is 6.92 Å². The fourth-order valence-corrected chi connectivity index (χ4v) is 0.818. The minimum atomic E-state index is 0.0998. The van der Waals surface area contributed by atoms with Crippen LogP contribution >= 0.6 is 0 Å². The number of hydrogen-bond acceptors (Lipinski definition) is 3. The Bertz CT molecular complexity index is 70.5. The van der Waals surface area contributed by atoms with Gasteiger partial charge in [-0.3, -0.25) is 4.84 Å². The molecule has 0 aliphatic rings. The lowest BCUT2D eigenvalue weighted by Crippen LogP contribution is -2.26. The van der Waals surface area contributed by atoms with Gasteiger partial charge in [-0.05, 0) is 6.42 Å². The molecule has 0 aliphatic heterocycles. The lowest BCUT2D eigenvalue weighted by molar-refractivity contribution is -0.163. The minimum absolute atomic E-state index is 0.0998. The lowest BCUT2D eigenvalue weighted by atomic mass is 10.3. The molecule has 0 amide bonds. The summed E-state index contributed by atoms with van der Waals surface area (Å²) in [6.45, 7) is 6.57. The fraction of sp³-hybridized carbons (Fsp3) is 1.00. The van der Waals surface area contributed by atoms with Gasteiger partial charge in [0.05, 0.1) is 13.2 Å². The molecular formula is C8H19NO2. The number of nitrogens with zero attached hydrogens (tertiary/aromatic N) is 1. The largest absolute Gasteiger partial charge is 0.394 e. The van der Waals surface area contributed by atoms with E-state index in [-0.39, 0.29) is 6.61 Å². The summed E-state index contributed by atoms with van der Waals surface area (Å²) in [6.07, 6.45) is 2.33. The van der Waals surface area contributed by atoms with Crippen molar-refractivity contribution in [2.45, 2.75) is 26.7 Å². The quantitative estimate of drug-likeness (QED) is 0.566. The number of aliphatic hydroxyl groups excluding tert-OH is 1. The Hall–Kier alpha value is -0.120. The average molecular weight is 161 g/mol. The SMILES string of the molecule is CCCCN(CC)OCCO. The standard InChI is InChI=1S/C8H19NO2/c1-3-5-6-9(4-2)11-8-7-10/h10H,3-8H2,1-2H3. The number of unbranched alkanes of at least 4 members (excludes halogenated alkanes) is 1. The van der Waals surface area contributed by atoms with Crippen LogP contribution in [-0.4, -0.2) is 36.5 Å². The van der Waals surface area contributed by atoms with Gasteiger partial charge in [0.25, 0.3) is 0 Å². The van der Waals surface area contributed by atoms with Crippen LogP contribution in [0.5, 0.6) is 0 Å². The summed E-state index contributed by atoms with van der Waals surface area (Å²) < 4.78 is 0. The van der Waals surface area contributed by atoms with Crippen LogP contribution in [-0.2, 0) is 4.84 Å². The number of rotatable bonds is 7. The topological polar surface area (TPSA) is 32.7 Å². The molecule has 3 nitrogen and oxygen atoms in total. The Labute approximate surface area is 68.9 Å². The fourth-order valence-electron chi connectivity index (χ4n) is 0.818. The molecular weight excluding hydrogens is 142 g/mol. The molecule has 0 radical (unpaired) electrons. The van der Waals surface area contributed by atoms with Crippen LogP contribution in [0.3, 0.4) is 0 Å². The molecule has 0 spiro atoms. The second kappa shape index (κ2) is 7.98. The zero-order valence-electron chi connectivity index (χ0n) is 7.55. The predicted octanol–water partition coefficient (Wildman–Crippen LogP) is 1.03. The van der Waals surface area contributed by atoms with Gasteiger partial charge in [-0.25, -0.2) is 0 Å². The van der Waals surface area contributed by atoms with E-state index in [0.29, 0.717) is 6.61 Å². The highest BCUT2D eigenvalue weighted by Crippen LogP contribution is 1.94. The van der Waals surface area contributed by atoms with Gasteiger partial charge in [0, 0.05) is 13.1 Å². The maximum Gasteiger partial charge on any atom is 0.0916 e. The first-order valence-corrected chi connectivity index (χ1v) is 4.33. The van der Waals surface area contributed by atoms with Gasteiger partial charge in [-0.15, -0.1) is 0 Å². The van der Waals surface area contributed by atoms with E-state index in [9.17, 15) is 0 Å². The van der Waals surface area contributed by atoms with Crippen molar-refractivity contribution >= 4 is 0 Å². The molecule has 0 saturated carbocycles. The van der Waals surface area contributed by atoms with Crippen molar-refractivity contribution in [3.05, 3.63) is 0 Å². The van der Waals surface area contributed by atoms with E-state index >= 15 is 0 Å². The summed E-state index contributed by atoms with van der Waals surface area (Å²) in [6, 6.07) is 0. The molecule has 0 saturated heterocycles. The Balaban J connectivity index is 3.25. The Kier molecular flexibility index (Phi) is 7.89. The van der Waals surface area contributed by atoms with Crippen molar-refractivity contribution in [2.75, 3.05) is 26.3 Å². The van der Waals surface area contributed by atoms with E-state index in [1.807, 2.05) is 12.0 Å². The third kappa shape index (κ3) is 6.28. The van der Waals surface area contributed by atoms with Crippen LogP contribution in [0.25, 0.3) is 0 Å². The summed E-state index contributed by atoms with van der Waals surface area (Å²) in [5.74, 6) is 0. The van der Waals surface area contributed by atoms with Crippen molar-refractivity contribution in [3.8, 4) is 0 Å². The molecule has 0 rings (SSSR count). The van der Waals surface area contributed by atoms with E-state index in [0.717, 1.165) is 19.5 Å².